The van der Waals surface area contributed by atoms with Gasteiger partial charge in [-0.25, -0.2) is 9.97 Å². The highest BCUT2D eigenvalue weighted by molar-refractivity contribution is 7.13. The molecule has 2 N–H and O–H groups in total. The van der Waals surface area contributed by atoms with Crippen LogP contribution in [0.1, 0.15) is 12.8 Å². The number of nitrogens with one attached hydrogen (secondary N) is 1. The highest BCUT2D eigenvalue weighted by atomic mass is 32.1. The zero-order chi connectivity index (χ0) is 13.1. The Balaban J connectivity index is 1.53. The molecule has 5 nitrogen and oxygen atoms in total. The Morgan fingerprint density at radius 3 is 2.58 bits per heavy atom. The summed E-state index contributed by atoms with van der Waals surface area (Å²) >= 11 is 3.21. The fourth-order valence-corrected chi connectivity index (χ4v) is 3.44. The van der Waals surface area contributed by atoms with Gasteiger partial charge in [-0.05, 0) is 12.8 Å². The molecule has 2 aromatic heterocycles. The molecule has 0 spiro atoms. The van der Waals surface area contributed by atoms with Gasteiger partial charge in [0.25, 0.3) is 0 Å². The monoisotopic (exact) mass is 296 g/mol. The third-order valence-corrected chi connectivity index (χ3v) is 4.95. The van der Waals surface area contributed by atoms with Gasteiger partial charge in [-0.3, -0.25) is 0 Å². The molecular weight excluding hydrogens is 280 g/mol. The highest BCUT2D eigenvalue weighted by Gasteiger charge is 2.32. The maximum atomic E-state index is 10.6. The Bertz CT molecular complexity index is 492. The van der Waals surface area contributed by atoms with Crippen molar-refractivity contribution < 1.29 is 5.11 Å². The summed E-state index contributed by atoms with van der Waals surface area (Å²) in [4.78, 5) is 10.7. The number of aromatic nitrogens is 2. The van der Waals surface area contributed by atoms with Crippen LogP contribution in [-0.2, 0) is 0 Å². The number of nitrogens with zero attached hydrogens (tertiary/aromatic N) is 3. The molecule has 0 atom stereocenters. The minimum Gasteiger partial charge on any atom is -0.388 e. The molecule has 0 bridgehead atoms. The van der Waals surface area contributed by atoms with Crippen LogP contribution in [0.2, 0.25) is 0 Å². The highest BCUT2D eigenvalue weighted by Crippen LogP contribution is 2.28. The Kier molecular flexibility index (Phi) is 3.67. The van der Waals surface area contributed by atoms with E-state index in [-0.39, 0.29) is 0 Å². The predicted octanol–water partition coefficient (Wildman–Crippen LogP) is 2.04. The molecule has 0 saturated carbocycles. The topological polar surface area (TPSA) is 61.3 Å². The van der Waals surface area contributed by atoms with E-state index in [1.165, 1.54) is 0 Å². The van der Waals surface area contributed by atoms with E-state index in [4.69, 9.17) is 0 Å². The number of rotatable bonds is 4. The van der Waals surface area contributed by atoms with E-state index in [1.54, 1.807) is 28.9 Å². The summed E-state index contributed by atoms with van der Waals surface area (Å²) in [6.45, 7) is 2.26. The zero-order valence-corrected chi connectivity index (χ0v) is 12.1. The molecule has 2 aromatic rings. The minimum atomic E-state index is -0.639. The zero-order valence-electron chi connectivity index (χ0n) is 10.5. The Labute approximate surface area is 119 Å². The first-order valence-electron chi connectivity index (χ1n) is 6.25. The van der Waals surface area contributed by atoms with Crippen molar-refractivity contribution in [2.24, 2.45) is 0 Å². The average molecular weight is 296 g/mol. The third-order valence-electron chi connectivity index (χ3n) is 3.38. The molecule has 0 aromatic carbocycles. The summed E-state index contributed by atoms with van der Waals surface area (Å²) in [6, 6.07) is 0. The maximum absolute atomic E-state index is 10.6. The number of anilines is 2. The first kappa shape index (κ1) is 12.8. The molecular formula is C12H16N4OS2. The van der Waals surface area contributed by atoms with Crippen molar-refractivity contribution in [1.82, 2.24) is 9.97 Å². The van der Waals surface area contributed by atoms with Gasteiger partial charge in [0.15, 0.2) is 10.3 Å². The largest absolute Gasteiger partial charge is 0.388 e. The molecule has 1 aliphatic heterocycles. The summed E-state index contributed by atoms with van der Waals surface area (Å²) in [5.74, 6) is 0. The third kappa shape index (κ3) is 3.05. The summed E-state index contributed by atoms with van der Waals surface area (Å²) < 4.78 is 0. The second-order valence-corrected chi connectivity index (χ2v) is 6.48. The van der Waals surface area contributed by atoms with E-state index < -0.39 is 5.60 Å². The van der Waals surface area contributed by atoms with E-state index >= 15 is 0 Å². The van der Waals surface area contributed by atoms with Gasteiger partial charge in [0.05, 0.1) is 5.60 Å². The smallest absolute Gasteiger partial charge is 0.185 e. The molecule has 0 amide bonds. The van der Waals surface area contributed by atoms with Crippen LogP contribution >= 0.6 is 22.7 Å². The molecule has 0 unspecified atom stereocenters. The number of hydrogen-bond acceptors (Lipinski definition) is 7. The summed E-state index contributed by atoms with van der Waals surface area (Å²) in [6.07, 6.45) is 5.10. The van der Waals surface area contributed by atoms with E-state index in [1.807, 2.05) is 17.0 Å². The van der Waals surface area contributed by atoms with E-state index in [0.29, 0.717) is 6.54 Å². The van der Waals surface area contributed by atoms with Gasteiger partial charge >= 0.3 is 0 Å². The number of piperidine rings is 1. The van der Waals surface area contributed by atoms with Gasteiger partial charge in [-0.1, -0.05) is 0 Å². The van der Waals surface area contributed by atoms with Crippen LogP contribution in [0.25, 0.3) is 0 Å². The predicted molar refractivity (Wildman–Crippen MR) is 79.1 cm³/mol. The molecule has 7 heteroatoms. The van der Waals surface area contributed by atoms with Crippen LogP contribution in [-0.4, -0.2) is 40.3 Å². The normalized spacial score (nSPS) is 18.5. The van der Waals surface area contributed by atoms with Crippen molar-refractivity contribution in [3.8, 4) is 0 Å². The number of thiazole rings is 2. The quantitative estimate of drug-likeness (QED) is 0.904. The van der Waals surface area contributed by atoms with Gasteiger partial charge in [-0.2, -0.15) is 0 Å². The summed E-state index contributed by atoms with van der Waals surface area (Å²) in [5, 5.41) is 19.6. The van der Waals surface area contributed by atoms with Crippen LogP contribution in [0.4, 0.5) is 10.3 Å². The van der Waals surface area contributed by atoms with Gasteiger partial charge in [0, 0.05) is 42.8 Å². The number of hydrogen-bond donors (Lipinski definition) is 2. The van der Waals surface area contributed by atoms with Crippen LogP contribution in [0.15, 0.2) is 23.2 Å². The lowest BCUT2D eigenvalue weighted by molar-refractivity contribution is 0.0291. The molecule has 1 aliphatic rings. The van der Waals surface area contributed by atoms with E-state index in [0.717, 1.165) is 36.2 Å². The SMILES string of the molecule is OC1(CNc2nccs2)CCN(c2nccs2)CC1. The van der Waals surface area contributed by atoms with Crippen molar-refractivity contribution in [3.63, 3.8) is 0 Å². The van der Waals surface area contributed by atoms with Crippen molar-refractivity contribution in [2.75, 3.05) is 29.9 Å². The van der Waals surface area contributed by atoms with Gasteiger partial charge in [0.2, 0.25) is 0 Å². The van der Waals surface area contributed by atoms with Crippen LogP contribution in [0.5, 0.6) is 0 Å². The van der Waals surface area contributed by atoms with Crippen molar-refractivity contribution in [3.05, 3.63) is 23.2 Å². The molecule has 3 rings (SSSR count). The molecule has 102 valence electrons. The fraction of sp³-hybridized carbons (Fsp3) is 0.500. The second-order valence-electron chi connectivity index (χ2n) is 4.72. The first-order chi connectivity index (χ1) is 9.25. The molecule has 1 fully saturated rings. The molecule has 3 heterocycles. The number of aliphatic hydroxyl groups is 1. The lowest BCUT2D eigenvalue weighted by atomic mass is 9.91. The molecule has 0 radical (unpaired) electrons. The minimum absolute atomic E-state index is 0.562. The maximum Gasteiger partial charge on any atom is 0.185 e. The van der Waals surface area contributed by atoms with Crippen molar-refractivity contribution in [2.45, 2.75) is 18.4 Å². The van der Waals surface area contributed by atoms with Crippen molar-refractivity contribution in [1.29, 1.82) is 0 Å². The Hall–Kier alpha value is -1.18. The fourth-order valence-electron chi connectivity index (χ4n) is 2.21. The van der Waals surface area contributed by atoms with Crippen molar-refractivity contribution >= 4 is 32.9 Å². The van der Waals surface area contributed by atoms with Gasteiger partial charge in [-0.15, -0.1) is 22.7 Å². The van der Waals surface area contributed by atoms with Crippen LogP contribution in [0.3, 0.4) is 0 Å². The van der Waals surface area contributed by atoms with Gasteiger partial charge < -0.3 is 15.3 Å². The van der Waals surface area contributed by atoms with E-state index in [9.17, 15) is 5.11 Å². The lowest BCUT2D eigenvalue weighted by Gasteiger charge is -2.38. The van der Waals surface area contributed by atoms with Crippen LogP contribution in [0, 0.1) is 0 Å². The molecule has 1 saturated heterocycles. The average Bonchev–Trinajstić information content (AvgIpc) is 3.11. The first-order valence-corrected chi connectivity index (χ1v) is 8.01. The standard InChI is InChI=1S/C12H16N4OS2/c17-12(9-15-10-13-3-7-18-10)1-5-16(6-2-12)11-14-4-8-19-11/h3-4,7-8,17H,1-2,5-6,9H2,(H,13,15). The summed E-state index contributed by atoms with van der Waals surface area (Å²) in [5.41, 5.74) is -0.639. The van der Waals surface area contributed by atoms with Crippen LogP contribution < -0.4 is 10.2 Å². The van der Waals surface area contributed by atoms with Gasteiger partial charge in [0.1, 0.15) is 0 Å². The summed E-state index contributed by atoms with van der Waals surface area (Å²) in [7, 11) is 0. The Morgan fingerprint density at radius 2 is 1.95 bits per heavy atom. The molecule has 19 heavy (non-hydrogen) atoms. The Morgan fingerprint density at radius 1 is 1.21 bits per heavy atom. The van der Waals surface area contributed by atoms with E-state index in [2.05, 4.69) is 20.2 Å². The second kappa shape index (κ2) is 5.44. The molecule has 0 aliphatic carbocycles. The lowest BCUT2D eigenvalue weighted by Crippen LogP contribution is -2.48.